The molecule has 5 heteroatoms. The van der Waals surface area contributed by atoms with Crippen molar-refractivity contribution in [3.8, 4) is 0 Å². The minimum Gasteiger partial charge on any atom is -0.460 e. The summed E-state index contributed by atoms with van der Waals surface area (Å²) in [5, 5.41) is 0.286. The lowest BCUT2D eigenvalue weighted by Crippen LogP contribution is -2.10. The van der Waals surface area contributed by atoms with Gasteiger partial charge < -0.3 is 9.47 Å². The van der Waals surface area contributed by atoms with Crippen molar-refractivity contribution >= 4 is 17.6 Å². The van der Waals surface area contributed by atoms with Crippen molar-refractivity contribution < 1.29 is 14.3 Å². The third kappa shape index (κ3) is 3.85. The number of hydrogen-bond donors (Lipinski definition) is 0. The van der Waals surface area contributed by atoms with E-state index in [9.17, 15) is 4.79 Å². The molecule has 0 aliphatic carbocycles. The summed E-state index contributed by atoms with van der Waals surface area (Å²) in [7, 11) is 1.54. The second-order valence-electron chi connectivity index (χ2n) is 2.95. The maximum absolute atomic E-state index is 11.5. The van der Waals surface area contributed by atoms with Gasteiger partial charge in [0.2, 0.25) is 0 Å². The molecule has 0 N–H and O–H groups in total. The Kier molecular flexibility index (Phi) is 4.52. The number of hydrogen-bond acceptors (Lipinski definition) is 4. The van der Waals surface area contributed by atoms with Crippen molar-refractivity contribution in [1.29, 1.82) is 0 Å². The Morgan fingerprint density at radius 1 is 1.47 bits per heavy atom. The van der Waals surface area contributed by atoms with E-state index in [0.29, 0.717) is 17.9 Å². The van der Waals surface area contributed by atoms with Gasteiger partial charge in [-0.3, -0.25) is 0 Å². The maximum Gasteiger partial charge on any atom is 0.338 e. The summed E-state index contributed by atoms with van der Waals surface area (Å²) in [5.41, 5.74) is 1.09. The van der Waals surface area contributed by atoms with Crippen LogP contribution in [0.4, 0.5) is 0 Å². The van der Waals surface area contributed by atoms with E-state index >= 15 is 0 Å². The van der Waals surface area contributed by atoms with Gasteiger partial charge in [-0.2, -0.15) is 0 Å². The number of carbonyl (C=O) groups is 1. The molecule has 0 aliphatic heterocycles. The third-order valence-electron chi connectivity index (χ3n) is 1.68. The molecule has 1 heterocycles. The van der Waals surface area contributed by atoms with Crippen LogP contribution in [-0.2, 0) is 9.47 Å². The highest BCUT2D eigenvalue weighted by Gasteiger charge is 2.08. The molecule has 0 atom stereocenters. The van der Waals surface area contributed by atoms with E-state index in [4.69, 9.17) is 21.1 Å². The Labute approximate surface area is 93.2 Å². The third-order valence-corrected chi connectivity index (χ3v) is 1.87. The molecule has 0 bridgehead atoms. The van der Waals surface area contributed by atoms with Crippen LogP contribution < -0.4 is 0 Å². The number of carbonyl (C=O) groups excluding carboxylic acids is 1. The van der Waals surface area contributed by atoms with Crippen LogP contribution in [0.5, 0.6) is 0 Å². The minimum atomic E-state index is -0.417. The fourth-order valence-electron chi connectivity index (χ4n) is 1.05. The van der Waals surface area contributed by atoms with Crippen LogP contribution in [-0.4, -0.2) is 31.3 Å². The fraction of sp³-hybridized carbons (Fsp3) is 0.400. The largest absolute Gasteiger partial charge is 0.460 e. The molecule has 0 spiro atoms. The number of methoxy groups -OCH3 is 1. The molecule has 0 aromatic carbocycles. The summed E-state index contributed by atoms with van der Waals surface area (Å²) in [6.07, 6.45) is 0. The molecule has 4 nitrogen and oxygen atoms in total. The number of pyridine rings is 1. The summed E-state index contributed by atoms with van der Waals surface area (Å²) in [5.74, 6) is -0.417. The van der Waals surface area contributed by atoms with E-state index in [1.54, 1.807) is 20.1 Å². The van der Waals surface area contributed by atoms with Gasteiger partial charge in [-0.1, -0.05) is 11.6 Å². The van der Waals surface area contributed by atoms with E-state index in [2.05, 4.69) is 4.98 Å². The van der Waals surface area contributed by atoms with E-state index in [1.165, 1.54) is 6.07 Å². The van der Waals surface area contributed by atoms with Crippen LogP contribution in [0.25, 0.3) is 0 Å². The summed E-state index contributed by atoms with van der Waals surface area (Å²) in [4.78, 5) is 15.4. The number of aromatic nitrogens is 1. The molecule has 0 saturated heterocycles. The van der Waals surface area contributed by atoms with E-state index < -0.39 is 5.97 Å². The lowest BCUT2D eigenvalue weighted by atomic mass is 10.2. The molecule has 0 fully saturated rings. The Morgan fingerprint density at radius 2 is 2.20 bits per heavy atom. The Bertz CT molecular complexity index is 334. The molecule has 82 valence electrons. The zero-order valence-electron chi connectivity index (χ0n) is 8.62. The van der Waals surface area contributed by atoms with Gasteiger partial charge in [0.05, 0.1) is 12.2 Å². The van der Waals surface area contributed by atoms with Gasteiger partial charge in [0.25, 0.3) is 0 Å². The van der Waals surface area contributed by atoms with Crippen molar-refractivity contribution in [3.05, 3.63) is 28.5 Å². The fourth-order valence-corrected chi connectivity index (χ4v) is 1.30. The molecular formula is C10H12ClNO3. The van der Waals surface area contributed by atoms with Gasteiger partial charge >= 0.3 is 5.97 Å². The molecule has 0 radical (unpaired) electrons. The van der Waals surface area contributed by atoms with Gasteiger partial charge in [0.15, 0.2) is 0 Å². The lowest BCUT2D eigenvalue weighted by Gasteiger charge is -2.04. The summed E-state index contributed by atoms with van der Waals surface area (Å²) >= 11 is 5.71. The number of rotatable bonds is 4. The summed E-state index contributed by atoms with van der Waals surface area (Å²) < 4.78 is 9.69. The Hall–Kier alpha value is -1.13. The monoisotopic (exact) mass is 229 g/mol. The molecule has 0 unspecified atom stereocenters. The van der Waals surface area contributed by atoms with E-state index in [0.717, 1.165) is 0 Å². The second-order valence-corrected chi connectivity index (χ2v) is 3.34. The van der Waals surface area contributed by atoms with Crippen molar-refractivity contribution in [2.75, 3.05) is 20.3 Å². The summed E-state index contributed by atoms with van der Waals surface area (Å²) in [6, 6.07) is 3.10. The van der Waals surface area contributed by atoms with Crippen molar-refractivity contribution in [2.24, 2.45) is 0 Å². The normalized spacial score (nSPS) is 10.1. The zero-order chi connectivity index (χ0) is 11.3. The van der Waals surface area contributed by atoms with Gasteiger partial charge in [0.1, 0.15) is 11.8 Å². The number of halogens is 1. The maximum atomic E-state index is 11.5. The first-order chi connectivity index (χ1) is 7.13. The quantitative estimate of drug-likeness (QED) is 0.449. The molecule has 1 aromatic heterocycles. The molecular weight excluding hydrogens is 218 g/mol. The van der Waals surface area contributed by atoms with Gasteiger partial charge in [-0.15, -0.1) is 0 Å². The first kappa shape index (κ1) is 11.9. The van der Waals surface area contributed by atoms with E-state index in [-0.39, 0.29) is 11.8 Å². The molecule has 0 amide bonds. The average molecular weight is 230 g/mol. The first-order valence-electron chi connectivity index (χ1n) is 4.43. The van der Waals surface area contributed by atoms with Crippen molar-refractivity contribution in [3.63, 3.8) is 0 Å². The highest BCUT2D eigenvalue weighted by molar-refractivity contribution is 6.29. The topological polar surface area (TPSA) is 48.4 Å². The van der Waals surface area contributed by atoms with Gasteiger partial charge in [0, 0.05) is 12.8 Å². The predicted molar refractivity (Wildman–Crippen MR) is 56.1 cm³/mol. The molecule has 1 rings (SSSR count). The van der Waals surface area contributed by atoms with E-state index in [1.807, 2.05) is 0 Å². The average Bonchev–Trinajstić information content (AvgIpc) is 2.16. The Balaban J connectivity index is 2.65. The highest BCUT2D eigenvalue weighted by atomic mass is 35.5. The number of nitrogens with zero attached hydrogens (tertiary/aromatic N) is 1. The number of esters is 1. The molecule has 0 saturated carbocycles. The second kappa shape index (κ2) is 5.68. The first-order valence-corrected chi connectivity index (χ1v) is 4.81. The van der Waals surface area contributed by atoms with Crippen LogP contribution >= 0.6 is 11.6 Å². The van der Waals surface area contributed by atoms with Crippen LogP contribution in [0.15, 0.2) is 12.1 Å². The van der Waals surface area contributed by atoms with Gasteiger partial charge in [-0.05, 0) is 19.1 Å². The zero-order valence-corrected chi connectivity index (χ0v) is 9.37. The van der Waals surface area contributed by atoms with Crippen molar-refractivity contribution in [1.82, 2.24) is 4.98 Å². The summed E-state index contributed by atoms with van der Waals surface area (Å²) in [6.45, 7) is 2.37. The van der Waals surface area contributed by atoms with Crippen LogP contribution in [0.2, 0.25) is 5.15 Å². The Morgan fingerprint density at radius 3 is 2.80 bits per heavy atom. The molecule has 1 aromatic rings. The smallest absolute Gasteiger partial charge is 0.338 e. The van der Waals surface area contributed by atoms with Crippen LogP contribution in [0.3, 0.4) is 0 Å². The predicted octanol–water partition coefficient (Wildman–Crippen LogP) is 1.85. The minimum absolute atomic E-state index is 0.230. The van der Waals surface area contributed by atoms with Crippen LogP contribution in [0.1, 0.15) is 16.1 Å². The highest BCUT2D eigenvalue weighted by Crippen LogP contribution is 2.11. The van der Waals surface area contributed by atoms with Crippen LogP contribution in [0, 0.1) is 6.92 Å². The lowest BCUT2D eigenvalue weighted by molar-refractivity contribution is 0.0388. The molecule has 0 aliphatic rings. The van der Waals surface area contributed by atoms with Gasteiger partial charge in [-0.25, -0.2) is 9.78 Å². The van der Waals surface area contributed by atoms with Crippen molar-refractivity contribution in [2.45, 2.75) is 6.92 Å². The number of ether oxygens (including phenoxy) is 2. The SMILES string of the molecule is COCCOC(=O)c1cc(C)nc(Cl)c1. The molecule has 15 heavy (non-hydrogen) atoms. The standard InChI is InChI=1S/C10H12ClNO3/c1-7-5-8(6-9(11)12-7)10(13)15-4-3-14-2/h5-6H,3-4H2,1-2H3. The number of aryl methyl sites for hydroxylation is 1.